The first-order chi connectivity index (χ1) is 15.8. The number of nitrogens with one attached hydrogen (secondary N) is 1. The average Bonchev–Trinajstić information content (AvgIpc) is 3.19. The minimum atomic E-state index is -4.41. The van der Waals surface area contributed by atoms with Crippen LogP contribution in [-0.4, -0.2) is 25.7 Å². The summed E-state index contributed by atoms with van der Waals surface area (Å²) in [5.41, 5.74) is 3.13. The average molecular weight is 451 g/mol. The summed E-state index contributed by atoms with van der Waals surface area (Å²) in [7, 11) is 1.86. The van der Waals surface area contributed by atoms with Gasteiger partial charge in [-0.3, -0.25) is 9.48 Å². The van der Waals surface area contributed by atoms with Gasteiger partial charge in [0.25, 0.3) is 0 Å². The minimum Gasteiger partial charge on any atom is -0.326 e. The summed E-state index contributed by atoms with van der Waals surface area (Å²) in [5, 5.41) is 6.74. The third kappa shape index (κ3) is 5.82. The Morgan fingerprint density at radius 2 is 1.58 bits per heavy atom. The van der Waals surface area contributed by atoms with E-state index >= 15 is 0 Å². The molecule has 4 rings (SSSR count). The van der Waals surface area contributed by atoms with E-state index in [1.807, 2.05) is 37.5 Å². The number of benzene rings is 2. The van der Waals surface area contributed by atoms with E-state index in [-0.39, 0.29) is 12.3 Å². The molecule has 33 heavy (non-hydrogen) atoms. The van der Waals surface area contributed by atoms with Crippen molar-refractivity contribution in [1.29, 1.82) is 0 Å². The molecule has 0 fully saturated rings. The highest BCUT2D eigenvalue weighted by Gasteiger charge is 2.29. The summed E-state index contributed by atoms with van der Waals surface area (Å²) in [6.45, 7) is 0. The molecule has 0 bridgehead atoms. The van der Waals surface area contributed by atoms with E-state index in [0.717, 1.165) is 34.4 Å². The summed E-state index contributed by atoms with van der Waals surface area (Å²) in [4.78, 5) is 21.1. The van der Waals surface area contributed by atoms with Gasteiger partial charge in [0, 0.05) is 43.3 Å². The van der Waals surface area contributed by atoms with Crippen molar-refractivity contribution >= 4 is 11.6 Å². The van der Waals surface area contributed by atoms with Crippen LogP contribution in [0.15, 0.2) is 73.3 Å². The zero-order valence-electron chi connectivity index (χ0n) is 17.7. The standard InChI is InChI=1S/C24H20F3N5O/c1-32-15-17(12-30-32)10-22-28-13-19(14-29-22)18-4-2-16(3-5-18)11-23(33)31-21-8-6-20(7-9-21)24(25,26)27/h2-9,12-15H,10-11H2,1H3,(H,31,33). The maximum absolute atomic E-state index is 12.6. The summed E-state index contributed by atoms with van der Waals surface area (Å²) in [6.07, 6.45) is 3.50. The SMILES string of the molecule is Cn1cc(Cc2ncc(-c3ccc(CC(=O)Nc4ccc(C(F)(F)F)cc4)cc3)cn2)cn1. The van der Waals surface area contributed by atoms with Crippen molar-refractivity contribution in [2.75, 3.05) is 5.32 Å². The number of rotatable bonds is 6. The van der Waals surface area contributed by atoms with Gasteiger partial charge in [0.2, 0.25) is 5.91 Å². The molecule has 0 saturated heterocycles. The molecule has 0 aliphatic heterocycles. The van der Waals surface area contributed by atoms with Gasteiger partial charge in [-0.15, -0.1) is 0 Å². The lowest BCUT2D eigenvalue weighted by Gasteiger charge is -2.09. The fourth-order valence-electron chi connectivity index (χ4n) is 3.29. The van der Waals surface area contributed by atoms with Crippen molar-refractivity contribution in [2.24, 2.45) is 7.05 Å². The highest BCUT2D eigenvalue weighted by molar-refractivity contribution is 5.92. The summed E-state index contributed by atoms with van der Waals surface area (Å²) >= 11 is 0. The molecule has 168 valence electrons. The topological polar surface area (TPSA) is 72.7 Å². The van der Waals surface area contributed by atoms with Crippen LogP contribution in [0.3, 0.4) is 0 Å². The third-order valence-electron chi connectivity index (χ3n) is 4.97. The Bertz CT molecular complexity index is 1230. The number of carbonyl (C=O) groups is 1. The number of alkyl halides is 3. The van der Waals surface area contributed by atoms with E-state index in [4.69, 9.17) is 0 Å². The van der Waals surface area contributed by atoms with E-state index in [1.165, 1.54) is 12.1 Å². The Morgan fingerprint density at radius 3 is 2.15 bits per heavy atom. The van der Waals surface area contributed by atoms with Crippen LogP contribution in [-0.2, 0) is 30.9 Å². The summed E-state index contributed by atoms with van der Waals surface area (Å²) in [5.74, 6) is 0.383. The second-order valence-electron chi connectivity index (χ2n) is 7.58. The zero-order valence-corrected chi connectivity index (χ0v) is 17.7. The van der Waals surface area contributed by atoms with Crippen LogP contribution in [0.2, 0.25) is 0 Å². The van der Waals surface area contributed by atoms with Crippen molar-refractivity contribution in [3.63, 3.8) is 0 Å². The molecule has 1 N–H and O–H groups in total. The number of hydrogen-bond acceptors (Lipinski definition) is 4. The Balaban J connectivity index is 1.34. The monoisotopic (exact) mass is 451 g/mol. The Labute approximate surface area is 188 Å². The summed E-state index contributed by atoms with van der Waals surface area (Å²) < 4.78 is 39.6. The van der Waals surface area contributed by atoms with Gasteiger partial charge in [-0.2, -0.15) is 18.3 Å². The van der Waals surface area contributed by atoms with Crippen LogP contribution >= 0.6 is 0 Å². The molecule has 2 aromatic heterocycles. The molecule has 0 saturated carbocycles. The normalized spacial score (nSPS) is 11.4. The van der Waals surface area contributed by atoms with E-state index in [9.17, 15) is 18.0 Å². The van der Waals surface area contributed by atoms with Gasteiger partial charge >= 0.3 is 6.18 Å². The summed E-state index contributed by atoms with van der Waals surface area (Å²) in [6, 6.07) is 11.8. The van der Waals surface area contributed by atoms with E-state index in [1.54, 1.807) is 23.3 Å². The number of hydrogen-bond donors (Lipinski definition) is 1. The molecule has 9 heteroatoms. The zero-order chi connectivity index (χ0) is 23.4. The molecule has 0 unspecified atom stereocenters. The van der Waals surface area contributed by atoms with Gasteiger partial charge < -0.3 is 5.32 Å². The number of anilines is 1. The van der Waals surface area contributed by atoms with Gasteiger partial charge in [-0.25, -0.2) is 9.97 Å². The number of aryl methyl sites for hydroxylation is 1. The smallest absolute Gasteiger partial charge is 0.326 e. The largest absolute Gasteiger partial charge is 0.416 e. The lowest BCUT2D eigenvalue weighted by molar-refractivity contribution is -0.137. The fraction of sp³-hybridized carbons (Fsp3) is 0.167. The van der Waals surface area contributed by atoms with E-state index in [0.29, 0.717) is 17.9 Å². The van der Waals surface area contributed by atoms with Gasteiger partial charge in [0.1, 0.15) is 5.82 Å². The molecular weight excluding hydrogens is 431 g/mol. The Morgan fingerprint density at radius 1 is 0.909 bits per heavy atom. The molecule has 6 nitrogen and oxygen atoms in total. The van der Waals surface area contributed by atoms with Gasteiger partial charge in [0.05, 0.1) is 18.2 Å². The lowest BCUT2D eigenvalue weighted by Crippen LogP contribution is -2.14. The Hall–Kier alpha value is -4.01. The minimum absolute atomic E-state index is 0.0991. The number of amides is 1. The van der Waals surface area contributed by atoms with Gasteiger partial charge in [-0.1, -0.05) is 24.3 Å². The van der Waals surface area contributed by atoms with Crippen LogP contribution in [0.5, 0.6) is 0 Å². The van der Waals surface area contributed by atoms with Crippen molar-refractivity contribution < 1.29 is 18.0 Å². The van der Waals surface area contributed by atoms with Crippen LogP contribution in [0.1, 0.15) is 22.5 Å². The van der Waals surface area contributed by atoms with E-state index < -0.39 is 11.7 Å². The van der Waals surface area contributed by atoms with Crippen molar-refractivity contribution in [1.82, 2.24) is 19.7 Å². The first-order valence-corrected chi connectivity index (χ1v) is 10.1. The predicted octanol–water partition coefficient (Wildman–Crippen LogP) is 4.67. The van der Waals surface area contributed by atoms with Crippen molar-refractivity contribution in [3.8, 4) is 11.1 Å². The van der Waals surface area contributed by atoms with E-state index in [2.05, 4.69) is 20.4 Å². The highest BCUT2D eigenvalue weighted by atomic mass is 19.4. The molecule has 0 radical (unpaired) electrons. The molecular formula is C24H20F3N5O. The molecule has 0 spiro atoms. The second kappa shape index (κ2) is 9.23. The fourth-order valence-corrected chi connectivity index (χ4v) is 3.29. The number of carbonyl (C=O) groups excluding carboxylic acids is 1. The number of halogens is 3. The molecule has 2 heterocycles. The number of aromatic nitrogens is 4. The maximum atomic E-state index is 12.6. The molecule has 2 aromatic carbocycles. The third-order valence-corrected chi connectivity index (χ3v) is 4.97. The molecule has 1 amide bonds. The van der Waals surface area contributed by atoms with Crippen molar-refractivity contribution in [3.05, 3.63) is 95.8 Å². The molecule has 4 aromatic rings. The second-order valence-corrected chi connectivity index (χ2v) is 7.58. The van der Waals surface area contributed by atoms with Gasteiger partial charge in [-0.05, 0) is 41.0 Å². The van der Waals surface area contributed by atoms with Crippen LogP contribution in [0, 0.1) is 0 Å². The molecule has 0 aliphatic rings. The Kier molecular flexibility index (Phi) is 6.21. The van der Waals surface area contributed by atoms with Gasteiger partial charge in [0.15, 0.2) is 0 Å². The first-order valence-electron chi connectivity index (χ1n) is 10.1. The predicted molar refractivity (Wildman–Crippen MR) is 117 cm³/mol. The van der Waals surface area contributed by atoms with Crippen molar-refractivity contribution in [2.45, 2.75) is 19.0 Å². The quantitative estimate of drug-likeness (QED) is 0.463. The molecule has 0 atom stereocenters. The maximum Gasteiger partial charge on any atom is 0.416 e. The van der Waals surface area contributed by atoms with Crippen LogP contribution in [0.4, 0.5) is 18.9 Å². The first kappa shape index (κ1) is 22.2. The lowest BCUT2D eigenvalue weighted by atomic mass is 10.0. The van der Waals surface area contributed by atoms with Crippen LogP contribution < -0.4 is 5.32 Å². The number of nitrogens with zero attached hydrogens (tertiary/aromatic N) is 4. The molecule has 0 aliphatic carbocycles. The highest BCUT2D eigenvalue weighted by Crippen LogP contribution is 2.29. The van der Waals surface area contributed by atoms with Crippen LogP contribution in [0.25, 0.3) is 11.1 Å².